The number of nitrogens with zero attached hydrogens (tertiary/aromatic N) is 2. The summed E-state index contributed by atoms with van der Waals surface area (Å²) in [5, 5.41) is 3.38. The summed E-state index contributed by atoms with van der Waals surface area (Å²) in [6.07, 6.45) is 4.35. The number of thioether (sulfide) groups is 1. The van der Waals surface area contributed by atoms with E-state index in [2.05, 4.69) is 23.8 Å². The maximum atomic E-state index is 13.6. The summed E-state index contributed by atoms with van der Waals surface area (Å²) in [6.45, 7) is 8.37. The van der Waals surface area contributed by atoms with Crippen molar-refractivity contribution in [3.05, 3.63) is 57.5 Å². The average Bonchev–Trinajstić information content (AvgIpc) is 3.35. The second kappa shape index (κ2) is 12.2. The summed E-state index contributed by atoms with van der Waals surface area (Å²) >= 11 is 3.81. The smallest absolute Gasteiger partial charge is 0.341 e. The van der Waals surface area contributed by atoms with Crippen LogP contribution in [0.4, 0.5) is 9.39 Å². The number of aromatic nitrogens is 1. The maximum Gasteiger partial charge on any atom is 0.341 e. The monoisotopic (exact) mass is 561 g/mol. The zero-order chi connectivity index (χ0) is 26.5. The van der Waals surface area contributed by atoms with Crippen LogP contribution in [0.2, 0.25) is 0 Å². The van der Waals surface area contributed by atoms with E-state index in [4.69, 9.17) is 4.74 Å². The number of thiophene rings is 1. The highest BCUT2D eigenvalue weighted by Gasteiger charge is 2.29. The Kier molecular flexibility index (Phi) is 8.99. The van der Waals surface area contributed by atoms with Crippen LogP contribution in [0, 0.1) is 11.7 Å². The number of ether oxygens (including phenoxy) is 1. The van der Waals surface area contributed by atoms with E-state index in [0.717, 1.165) is 47.0 Å². The number of hydrogen-bond acceptors (Lipinski definition) is 7. The second-order valence-electron chi connectivity index (χ2n) is 8.72. The highest BCUT2D eigenvalue weighted by Crippen LogP contribution is 2.40. The van der Waals surface area contributed by atoms with Crippen molar-refractivity contribution in [3.63, 3.8) is 0 Å². The van der Waals surface area contributed by atoms with Crippen molar-refractivity contribution in [1.29, 1.82) is 0 Å². The van der Waals surface area contributed by atoms with Gasteiger partial charge in [-0.3, -0.25) is 9.59 Å². The third-order valence-corrected chi connectivity index (χ3v) is 9.01. The van der Waals surface area contributed by atoms with Crippen molar-refractivity contribution in [3.8, 4) is 0 Å². The summed E-state index contributed by atoms with van der Waals surface area (Å²) in [4.78, 5) is 43.6. The van der Waals surface area contributed by atoms with Crippen molar-refractivity contribution >= 4 is 67.4 Å². The summed E-state index contributed by atoms with van der Waals surface area (Å²) in [5.74, 6) is -0.890. The highest BCUT2D eigenvalue weighted by atomic mass is 32.2. The van der Waals surface area contributed by atoms with Gasteiger partial charge in [-0.25, -0.2) is 9.18 Å². The molecule has 11 heteroatoms. The molecule has 1 aliphatic rings. The van der Waals surface area contributed by atoms with Crippen molar-refractivity contribution < 1.29 is 23.5 Å². The molecule has 2 heterocycles. The van der Waals surface area contributed by atoms with Crippen LogP contribution >= 0.6 is 34.4 Å². The molecular formula is C26H28FN3O4S3. The number of carbonyl (C=O) groups is 3. The van der Waals surface area contributed by atoms with E-state index < -0.39 is 11.9 Å². The van der Waals surface area contributed by atoms with E-state index in [-0.39, 0.29) is 29.8 Å². The van der Waals surface area contributed by atoms with Crippen LogP contribution in [0.25, 0.3) is 10.2 Å². The number of allylic oxidation sites excluding steroid dienone is 1. The third-order valence-electron chi connectivity index (χ3n) is 5.88. The molecule has 0 spiro atoms. The summed E-state index contributed by atoms with van der Waals surface area (Å²) < 4.78 is 21.4. The number of halogens is 1. The number of anilines is 1. The predicted molar refractivity (Wildman–Crippen MR) is 148 cm³/mol. The minimum absolute atomic E-state index is 0.00725. The third kappa shape index (κ3) is 6.39. The van der Waals surface area contributed by atoms with Crippen LogP contribution < -0.4 is 10.1 Å². The molecule has 1 atom stereocenters. The van der Waals surface area contributed by atoms with Gasteiger partial charge >= 0.3 is 5.97 Å². The Bertz CT molecular complexity index is 1420. The topological polar surface area (TPSA) is 89.8 Å². The molecule has 0 radical (unpaired) electrons. The Morgan fingerprint density at radius 3 is 2.89 bits per heavy atom. The number of hydrogen-bond donors (Lipinski definition) is 1. The fourth-order valence-corrected chi connectivity index (χ4v) is 7.32. The zero-order valence-corrected chi connectivity index (χ0v) is 23.1. The fourth-order valence-electron chi connectivity index (χ4n) is 4.23. The predicted octanol–water partition coefficient (Wildman–Crippen LogP) is 5.19. The second-order valence-corrected chi connectivity index (χ2v) is 11.8. The van der Waals surface area contributed by atoms with Gasteiger partial charge in [-0.05, 0) is 55.9 Å². The van der Waals surface area contributed by atoms with Gasteiger partial charge in [0.05, 0.1) is 33.9 Å². The van der Waals surface area contributed by atoms with Gasteiger partial charge in [0.2, 0.25) is 5.91 Å². The molecule has 1 aromatic carbocycles. The van der Waals surface area contributed by atoms with Gasteiger partial charge in [-0.2, -0.15) is 4.99 Å². The lowest BCUT2D eigenvalue weighted by atomic mass is 9.88. The molecule has 1 N–H and O–H groups in total. The Labute approximate surface area is 226 Å². The lowest BCUT2D eigenvalue weighted by Crippen LogP contribution is -2.19. The van der Waals surface area contributed by atoms with Gasteiger partial charge in [0.1, 0.15) is 10.8 Å². The molecule has 2 amide bonds. The van der Waals surface area contributed by atoms with Gasteiger partial charge in [0, 0.05) is 11.4 Å². The van der Waals surface area contributed by atoms with Crippen LogP contribution in [-0.2, 0) is 33.7 Å². The fraction of sp³-hybridized carbons (Fsp3) is 0.385. The minimum atomic E-state index is -0.414. The maximum absolute atomic E-state index is 13.6. The van der Waals surface area contributed by atoms with Crippen molar-refractivity contribution in [2.24, 2.45) is 10.9 Å². The highest BCUT2D eigenvalue weighted by molar-refractivity contribution is 8.00. The first-order valence-electron chi connectivity index (χ1n) is 12.0. The van der Waals surface area contributed by atoms with E-state index in [1.807, 2.05) is 0 Å². The number of nitrogens with one attached hydrogen (secondary N) is 1. The molecule has 0 bridgehead atoms. The lowest BCUT2D eigenvalue weighted by Gasteiger charge is -2.18. The lowest BCUT2D eigenvalue weighted by molar-refractivity contribution is -0.115. The molecule has 2 aromatic heterocycles. The van der Waals surface area contributed by atoms with Crippen molar-refractivity contribution in [2.75, 3.05) is 23.4 Å². The Morgan fingerprint density at radius 2 is 2.14 bits per heavy atom. The number of thiazole rings is 1. The zero-order valence-electron chi connectivity index (χ0n) is 20.7. The standard InChI is InChI=1S/C26H28FN3O4S3/c1-4-10-30-18-9-7-16(27)12-20(18)37-26(30)29-22(32)14-35-13-21(31)28-24-23(25(33)34-5-2)17-8-6-15(3)11-19(17)36-24/h4,7,9,12,15H,1,5-6,8,10-11,13-14H2,2-3H3,(H,28,31). The van der Waals surface area contributed by atoms with Gasteiger partial charge in [-0.1, -0.05) is 24.3 Å². The normalized spacial score (nSPS) is 15.4. The molecule has 0 saturated carbocycles. The SMILES string of the molecule is C=CCn1c(=NC(=O)CSCC(=O)Nc2sc3c(c2C(=O)OCC)CCC(C)C3)sc2cc(F)ccc21. The van der Waals surface area contributed by atoms with Gasteiger partial charge in [-0.15, -0.1) is 29.7 Å². The first kappa shape index (κ1) is 27.3. The number of carbonyl (C=O) groups excluding carboxylic acids is 3. The molecule has 3 aromatic rings. The molecule has 1 aliphatic carbocycles. The van der Waals surface area contributed by atoms with Crippen molar-refractivity contribution in [1.82, 2.24) is 4.57 Å². The van der Waals surface area contributed by atoms with E-state index >= 15 is 0 Å². The first-order valence-corrected chi connectivity index (χ1v) is 14.8. The number of fused-ring (bicyclic) bond motifs is 2. The van der Waals surface area contributed by atoms with Gasteiger partial charge in [0.15, 0.2) is 4.80 Å². The number of amides is 2. The first-order chi connectivity index (χ1) is 17.8. The van der Waals surface area contributed by atoms with Crippen LogP contribution in [0.1, 0.15) is 41.1 Å². The Morgan fingerprint density at radius 1 is 1.32 bits per heavy atom. The Balaban J connectivity index is 1.42. The average molecular weight is 562 g/mol. The molecule has 0 saturated heterocycles. The molecular weight excluding hydrogens is 534 g/mol. The molecule has 4 rings (SSSR count). The van der Waals surface area contributed by atoms with E-state index in [1.54, 1.807) is 23.6 Å². The van der Waals surface area contributed by atoms with Crippen LogP contribution in [0.5, 0.6) is 0 Å². The number of rotatable bonds is 9. The van der Waals surface area contributed by atoms with E-state index in [1.165, 1.54) is 34.8 Å². The molecule has 1 unspecified atom stereocenters. The molecule has 0 fully saturated rings. The van der Waals surface area contributed by atoms with Gasteiger partial charge in [0.25, 0.3) is 5.91 Å². The van der Waals surface area contributed by atoms with Crippen LogP contribution in [-0.4, -0.2) is 40.5 Å². The van der Waals surface area contributed by atoms with E-state index in [9.17, 15) is 18.8 Å². The number of benzene rings is 1. The van der Waals surface area contributed by atoms with E-state index in [0.29, 0.717) is 32.5 Å². The summed E-state index contributed by atoms with van der Waals surface area (Å²) in [7, 11) is 0. The molecule has 196 valence electrons. The van der Waals surface area contributed by atoms with Gasteiger partial charge < -0.3 is 14.6 Å². The molecule has 37 heavy (non-hydrogen) atoms. The summed E-state index contributed by atoms with van der Waals surface area (Å²) in [6, 6.07) is 4.43. The molecule has 7 nitrogen and oxygen atoms in total. The van der Waals surface area contributed by atoms with Crippen molar-refractivity contribution in [2.45, 2.75) is 39.7 Å². The summed E-state index contributed by atoms with van der Waals surface area (Å²) in [5.41, 5.74) is 2.22. The Hall–Kier alpha value is -2.76. The number of esters is 1. The van der Waals surface area contributed by atoms with Crippen LogP contribution in [0.15, 0.2) is 35.8 Å². The quantitative estimate of drug-likeness (QED) is 0.287. The van der Waals surface area contributed by atoms with Crippen LogP contribution in [0.3, 0.4) is 0 Å². The minimum Gasteiger partial charge on any atom is -0.462 e. The largest absolute Gasteiger partial charge is 0.462 e. The molecule has 0 aliphatic heterocycles.